The molecular weight excluding hydrogens is 514 g/mol. The summed E-state index contributed by atoms with van der Waals surface area (Å²) in [4.78, 5) is 23.5. The summed E-state index contributed by atoms with van der Waals surface area (Å²) in [7, 11) is 0. The monoisotopic (exact) mass is 539 g/mol. The third kappa shape index (κ3) is 5.31. The number of hydrogen-bond acceptors (Lipinski definition) is 5. The van der Waals surface area contributed by atoms with Crippen LogP contribution in [0, 0.1) is 0 Å². The summed E-state index contributed by atoms with van der Waals surface area (Å²) in [5.74, 6) is 1.90. The second-order valence-corrected chi connectivity index (χ2v) is 9.87. The fourth-order valence-electron chi connectivity index (χ4n) is 4.85. The molecule has 5 nitrogen and oxygen atoms in total. The first-order valence-electron chi connectivity index (χ1n) is 13.7. The first kappa shape index (κ1) is 25.2. The number of benzene rings is 4. The molecule has 0 atom stereocenters. The summed E-state index contributed by atoms with van der Waals surface area (Å²) in [5, 5.41) is 0. The summed E-state index contributed by atoms with van der Waals surface area (Å²) in [6, 6.07) is 45.0. The lowest BCUT2D eigenvalue weighted by molar-refractivity contribution is 1.07. The number of pyridine rings is 2. The summed E-state index contributed by atoms with van der Waals surface area (Å²) in [6.45, 7) is 0. The Hall–Kier alpha value is -5.81. The van der Waals surface area contributed by atoms with Gasteiger partial charge in [0.15, 0.2) is 17.5 Å². The molecule has 0 saturated carbocycles. The molecule has 0 unspecified atom stereocenters. The second kappa shape index (κ2) is 11.4. The van der Waals surface area contributed by atoms with Gasteiger partial charge in [0, 0.05) is 46.4 Å². The summed E-state index contributed by atoms with van der Waals surface area (Å²) in [5.41, 5.74) is 9.11. The Balaban J connectivity index is 1.22. The highest BCUT2D eigenvalue weighted by atomic mass is 15.0. The smallest absolute Gasteiger partial charge is 0.164 e. The van der Waals surface area contributed by atoms with Gasteiger partial charge in [-0.15, -0.1) is 0 Å². The molecule has 7 rings (SSSR count). The van der Waals surface area contributed by atoms with Crippen LogP contribution in [0.25, 0.3) is 67.7 Å². The van der Waals surface area contributed by atoms with Crippen molar-refractivity contribution in [1.29, 1.82) is 0 Å². The Morgan fingerprint density at radius 1 is 0.310 bits per heavy atom. The Labute approximate surface area is 244 Å². The van der Waals surface area contributed by atoms with Crippen molar-refractivity contribution in [2.75, 3.05) is 0 Å². The van der Waals surface area contributed by atoms with Gasteiger partial charge in [-0.2, -0.15) is 0 Å². The molecule has 0 fully saturated rings. The van der Waals surface area contributed by atoms with Gasteiger partial charge in [-0.25, -0.2) is 15.0 Å². The zero-order valence-electron chi connectivity index (χ0n) is 22.7. The van der Waals surface area contributed by atoms with E-state index in [9.17, 15) is 0 Å². The first-order chi connectivity index (χ1) is 20.8. The van der Waals surface area contributed by atoms with E-state index in [0.717, 1.165) is 44.6 Å². The standard InChI is InChI=1S/C37H25N5/c1-3-8-26(9-4-1)27-13-17-30(18-14-27)36-40-35(29-10-5-2-6-11-29)41-37(42-36)31-19-15-28(16-20-31)32-21-22-34(39-25-32)33-12-7-23-38-24-33/h1-25H. The van der Waals surface area contributed by atoms with Gasteiger partial charge in [0.2, 0.25) is 0 Å². The third-order valence-corrected chi connectivity index (χ3v) is 7.11. The Kier molecular flexibility index (Phi) is 6.81. The van der Waals surface area contributed by atoms with Crippen molar-refractivity contribution in [1.82, 2.24) is 24.9 Å². The van der Waals surface area contributed by atoms with E-state index in [2.05, 4.69) is 76.7 Å². The molecule has 4 aromatic carbocycles. The fraction of sp³-hybridized carbons (Fsp3) is 0. The quantitative estimate of drug-likeness (QED) is 0.212. The zero-order valence-corrected chi connectivity index (χ0v) is 22.7. The molecule has 0 radical (unpaired) electrons. The molecule has 3 heterocycles. The second-order valence-electron chi connectivity index (χ2n) is 9.87. The fourth-order valence-corrected chi connectivity index (χ4v) is 4.85. The normalized spacial score (nSPS) is 10.9. The third-order valence-electron chi connectivity index (χ3n) is 7.11. The van der Waals surface area contributed by atoms with E-state index in [1.165, 1.54) is 5.56 Å². The van der Waals surface area contributed by atoms with Crippen molar-refractivity contribution in [2.24, 2.45) is 0 Å². The molecule has 198 valence electrons. The Morgan fingerprint density at radius 2 is 0.738 bits per heavy atom. The Morgan fingerprint density at radius 3 is 1.24 bits per heavy atom. The van der Waals surface area contributed by atoms with Crippen molar-refractivity contribution < 1.29 is 0 Å². The van der Waals surface area contributed by atoms with Crippen LogP contribution < -0.4 is 0 Å². The van der Waals surface area contributed by atoms with Crippen LogP contribution in [0.2, 0.25) is 0 Å². The molecule has 0 aliphatic rings. The van der Waals surface area contributed by atoms with Gasteiger partial charge in [0.25, 0.3) is 0 Å². The summed E-state index contributed by atoms with van der Waals surface area (Å²) in [6.07, 6.45) is 5.48. The van der Waals surface area contributed by atoms with Crippen LogP contribution in [-0.2, 0) is 0 Å². The average molecular weight is 540 g/mol. The maximum atomic E-state index is 4.91. The van der Waals surface area contributed by atoms with Crippen molar-refractivity contribution in [3.63, 3.8) is 0 Å². The molecule has 0 amide bonds. The van der Waals surface area contributed by atoms with E-state index < -0.39 is 0 Å². The van der Waals surface area contributed by atoms with Crippen molar-refractivity contribution in [3.8, 4) is 67.7 Å². The van der Waals surface area contributed by atoms with Crippen molar-refractivity contribution in [2.45, 2.75) is 0 Å². The molecule has 0 aliphatic heterocycles. The summed E-state index contributed by atoms with van der Waals surface area (Å²) < 4.78 is 0. The van der Waals surface area contributed by atoms with Crippen LogP contribution in [0.15, 0.2) is 152 Å². The number of nitrogens with zero attached hydrogens (tertiary/aromatic N) is 5. The lowest BCUT2D eigenvalue weighted by Gasteiger charge is -2.10. The largest absolute Gasteiger partial charge is 0.264 e. The van der Waals surface area contributed by atoms with Crippen LogP contribution in [-0.4, -0.2) is 24.9 Å². The van der Waals surface area contributed by atoms with Gasteiger partial charge in [-0.1, -0.05) is 115 Å². The molecule has 0 N–H and O–H groups in total. The van der Waals surface area contributed by atoms with Gasteiger partial charge in [0.1, 0.15) is 0 Å². The number of aromatic nitrogens is 5. The molecular formula is C37H25N5. The van der Waals surface area contributed by atoms with Crippen LogP contribution in [0.1, 0.15) is 0 Å². The molecule has 0 bridgehead atoms. The number of rotatable bonds is 6. The first-order valence-corrected chi connectivity index (χ1v) is 13.7. The van der Waals surface area contributed by atoms with E-state index in [-0.39, 0.29) is 0 Å². The van der Waals surface area contributed by atoms with E-state index >= 15 is 0 Å². The predicted octanol–water partition coefficient (Wildman–Crippen LogP) is 8.66. The van der Waals surface area contributed by atoms with Crippen molar-refractivity contribution in [3.05, 3.63) is 152 Å². The van der Waals surface area contributed by atoms with Gasteiger partial charge >= 0.3 is 0 Å². The predicted molar refractivity (Wildman–Crippen MR) is 168 cm³/mol. The minimum Gasteiger partial charge on any atom is -0.264 e. The van der Waals surface area contributed by atoms with E-state index in [1.807, 2.05) is 79.1 Å². The van der Waals surface area contributed by atoms with Gasteiger partial charge < -0.3 is 0 Å². The molecule has 0 saturated heterocycles. The molecule has 0 spiro atoms. The Bertz CT molecular complexity index is 1920. The lowest BCUT2D eigenvalue weighted by Crippen LogP contribution is -2.00. The summed E-state index contributed by atoms with van der Waals surface area (Å²) >= 11 is 0. The SMILES string of the molecule is c1ccc(-c2ccc(-c3nc(-c4ccccc4)nc(-c4ccc(-c5ccc(-c6cccnc6)nc5)cc4)n3)cc2)cc1. The van der Waals surface area contributed by atoms with Crippen molar-refractivity contribution >= 4 is 0 Å². The van der Waals surface area contributed by atoms with E-state index in [4.69, 9.17) is 15.0 Å². The average Bonchev–Trinajstić information content (AvgIpc) is 3.09. The minimum absolute atomic E-state index is 0.627. The van der Waals surface area contributed by atoms with Crippen LogP contribution in [0.3, 0.4) is 0 Å². The molecule has 7 aromatic rings. The van der Waals surface area contributed by atoms with E-state index in [1.54, 1.807) is 6.20 Å². The maximum absolute atomic E-state index is 4.91. The zero-order chi connectivity index (χ0) is 28.1. The molecule has 5 heteroatoms. The van der Waals surface area contributed by atoms with E-state index in [0.29, 0.717) is 17.5 Å². The van der Waals surface area contributed by atoms with Crippen LogP contribution >= 0.6 is 0 Å². The topological polar surface area (TPSA) is 64.5 Å². The highest BCUT2D eigenvalue weighted by Crippen LogP contribution is 2.29. The van der Waals surface area contributed by atoms with Crippen LogP contribution in [0.5, 0.6) is 0 Å². The van der Waals surface area contributed by atoms with Gasteiger partial charge in [0.05, 0.1) is 5.69 Å². The maximum Gasteiger partial charge on any atom is 0.164 e. The van der Waals surface area contributed by atoms with Crippen LogP contribution in [0.4, 0.5) is 0 Å². The highest BCUT2D eigenvalue weighted by molar-refractivity contribution is 5.72. The minimum atomic E-state index is 0.627. The highest BCUT2D eigenvalue weighted by Gasteiger charge is 2.13. The van der Waals surface area contributed by atoms with Gasteiger partial charge in [-0.05, 0) is 34.9 Å². The number of hydrogen-bond donors (Lipinski definition) is 0. The molecule has 0 aliphatic carbocycles. The lowest BCUT2D eigenvalue weighted by atomic mass is 10.0. The molecule has 42 heavy (non-hydrogen) atoms. The van der Waals surface area contributed by atoms with Gasteiger partial charge in [-0.3, -0.25) is 9.97 Å². The molecule has 3 aromatic heterocycles.